The molecule has 4 rings (SSSR count). The first-order valence-corrected chi connectivity index (χ1v) is 12.3. The van der Waals surface area contributed by atoms with Crippen LogP contribution in [0.5, 0.6) is 5.88 Å². The van der Waals surface area contributed by atoms with Crippen molar-refractivity contribution in [3.8, 4) is 17.0 Å². The number of carboxylic acid groups (broad SMARTS) is 1. The Balaban J connectivity index is 1.73. The molecule has 0 unspecified atom stereocenters. The number of aromatic hydroxyl groups is 1. The lowest BCUT2D eigenvalue weighted by Crippen LogP contribution is -2.06. The van der Waals surface area contributed by atoms with Crippen LogP contribution >= 0.6 is 11.8 Å². The van der Waals surface area contributed by atoms with Crippen LogP contribution in [0, 0.1) is 0 Å². The maximum atomic E-state index is 11.6. The number of benzene rings is 2. The maximum Gasteiger partial charge on any atom is 0.336 e. The van der Waals surface area contributed by atoms with Gasteiger partial charge in [0, 0.05) is 18.2 Å². The van der Waals surface area contributed by atoms with Crippen LogP contribution in [0.1, 0.15) is 55.4 Å². The number of fused-ring (bicyclic) bond motifs is 1. The van der Waals surface area contributed by atoms with Crippen molar-refractivity contribution in [1.29, 1.82) is 0 Å². The van der Waals surface area contributed by atoms with Crippen LogP contribution in [-0.2, 0) is 13.0 Å². The molecule has 0 bridgehead atoms. The quantitative estimate of drug-likeness (QED) is 0.295. The molecule has 0 saturated heterocycles. The molecule has 0 atom stereocenters. The number of carbonyl (C=O) groups is 1. The molecule has 8 heteroatoms. The van der Waals surface area contributed by atoms with E-state index in [1.54, 1.807) is 23.9 Å². The molecule has 0 radical (unpaired) electrons. The van der Waals surface area contributed by atoms with Gasteiger partial charge < -0.3 is 14.8 Å². The Labute approximate surface area is 202 Å². The van der Waals surface area contributed by atoms with Crippen LogP contribution in [0.2, 0.25) is 0 Å². The molecule has 176 valence electrons. The summed E-state index contributed by atoms with van der Waals surface area (Å²) in [6, 6.07) is 14.8. The Morgan fingerprint density at radius 2 is 1.82 bits per heavy atom. The first kappa shape index (κ1) is 23.8. The highest BCUT2D eigenvalue weighted by Gasteiger charge is 2.20. The van der Waals surface area contributed by atoms with Crippen molar-refractivity contribution in [2.75, 3.05) is 0 Å². The predicted molar refractivity (Wildman–Crippen MR) is 135 cm³/mol. The molecule has 0 aliphatic carbocycles. The molecule has 0 aliphatic rings. The summed E-state index contributed by atoms with van der Waals surface area (Å²) < 4.78 is 2.03. The van der Waals surface area contributed by atoms with Crippen molar-refractivity contribution in [2.24, 2.45) is 0 Å². The Morgan fingerprint density at radius 1 is 1.09 bits per heavy atom. The average molecular weight is 477 g/mol. The summed E-state index contributed by atoms with van der Waals surface area (Å²) in [5, 5.41) is 29.3. The van der Waals surface area contributed by atoms with Crippen molar-refractivity contribution in [3.63, 3.8) is 0 Å². The van der Waals surface area contributed by atoms with Gasteiger partial charge in [0.1, 0.15) is 21.9 Å². The molecule has 2 heterocycles. The third kappa shape index (κ3) is 4.92. The molecular weight excluding hydrogens is 448 g/mol. The summed E-state index contributed by atoms with van der Waals surface area (Å²) in [6.07, 6.45) is 2.82. The van der Waals surface area contributed by atoms with E-state index in [1.165, 1.54) is 0 Å². The predicted octanol–water partition coefficient (Wildman–Crippen LogP) is 5.79. The molecule has 0 aliphatic heterocycles. The third-order valence-corrected chi connectivity index (χ3v) is 6.53. The number of aryl methyl sites for hydroxylation is 1. The number of aromatic carboxylic acids is 1. The van der Waals surface area contributed by atoms with Gasteiger partial charge in [-0.3, -0.25) is 0 Å². The number of thioether (sulfide) groups is 1. The smallest absolute Gasteiger partial charge is 0.336 e. The van der Waals surface area contributed by atoms with E-state index in [-0.39, 0.29) is 11.4 Å². The molecule has 7 nitrogen and oxygen atoms in total. The number of imidazole rings is 1. The van der Waals surface area contributed by atoms with E-state index in [4.69, 9.17) is 4.98 Å². The number of aromatic nitrogens is 4. The van der Waals surface area contributed by atoms with E-state index in [0.29, 0.717) is 28.4 Å². The molecule has 0 amide bonds. The van der Waals surface area contributed by atoms with Gasteiger partial charge in [-0.15, -0.1) is 10.2 Å². The van der Waals surface area contributed by atoms with E-state index in [2.05, 4.69) is 31.0 Å². The Morgan fingerprint density at radius 3 is 2.50 bits per heavy atom. The summed E-state index contributed by atoms with van der Waals surface area (Å²) in [6.45, 7) is 6.83. The summed E-state index contributed by atoms with van der Waals surface area (Å²) >= 11 is 1.58. The van der Waals surface area contributed by atoms with Crippen molar-refractivity contribution < 1.29 is 15.0 Å². The van der Waals surface area contributed by atoms with E-state index in [1.807, 2.05) is 41.0 Å². The molecule has 0 fully saturated rings. The number of hydrogen-bond acceptors (Lipinski definition) is 6. The lowest BCUT2D eigenvalue weighted by molar-refractivity contribution is 0.0697. The van der Waals surface area contributed by atoms with Gasteiger partial charge in [0.25, 0.3) is 5.88 Å². The topological polar surface area (TPSA) is 101 Å². The Hall–Kier alpha value is -3.39. The Kier molecular flexibility index (Phi) is 7.17. The molecule has 34 heavy (non-hydrogen) atoms. The van der Waals surface area contributed by atoms with E-state index >= 15 is 0 Å². The molecule has 2 aromatic carbocycles. The zero-order chi connectivity index (χ0) is 24.2. The second-order valence-electron chi connectivity index (χ2n) is 8.46. The second kappa shape index (κ2) is 10.3. The molecular formula is C26H28N4O3S. The normalized spacial score (nSPS) is 11.4. The van der Waals surface area contributed by atoms with E-state index in [0.717, 1.165) is 41.2 Å². The molecule has 2 aromatic heterocycles. The highest BCUT2D eigenvalue weighted by molar-refractivity contribution is 8.00. The van der Waals surface area contributed by atoms with Crippen LogP contribution in [-0.4, -0.2) is 41.2 Å². The minimum atomic E-state index is -0.947. The minimum Gasteiger partial charge on any atom is -0.491 e. The van der Waals surface area contributed by atoms with Crippen molar-refractivity contribution >= 4 is 28.8 Å². The van der Waals surface area contributed by atoms with Crippen LogP contribution in [0.4, 0.5) is 0 Å². The second-order valence-corrected chi connectivity index (χ2v) is 10.0. The highest BCUT2D eigenvalue weighted by Crippen LogP contribution is 2.33. The van der Waals surface area contributed by atoms with Gasteiger partial charge in [-0.05, 0) is 29.2 Å². The SMILES string of the molecule is CCCCc1nc2c(SC(C)C)nnc(O)c2n1Cc1ccc(-c2ccccc2C(=O)O)cc1. The number of nitrogens with zero attached hydrogens (tertiary/aromatic N) is 4. The fourth-order valence-corrected chi connectivity index (χ4v) is 4.74. The fraction of sp³-hybridized carbons (Fsp3) is 0.308. The zero-order valence-corrected chi connectivity index (χ0v) is 20.3. The molecule has 4 aromatic rings. The summed E-state index contributed by atoms with van der Waals surface area (Å²) in [5.74, 6) is -0.171. The lowest BCUT2D eigenvalue weighted by Gasteiger charge is -2.11. The minimum absolute atomic E-state index is 0.120. The standard InChI is InChI=1S/C26H28N4O3S/c1-4-5-10-21-27-22-23(24(31)28-29-25(22)34-16(2)3)30(21)15-17-11-13-18(14-12-17)19-8-6-7-9-20(19)26(32)33/h6-9,11-14,16H,4-5,10,15H2,1-3H3,(H,28,31)(H,32,33). The third-order valence-electron chi connectivity index (χ3n) is 5.56. The van der Waals surface area contributed by atoms with Gasteiger partial charge in [0.05, 0.1) is 5.56 Å². The van der Waals surface area contributed by atoms with Gasteiger partial charge in [-0.2, -0.15) is 0 Å². The first-order valence-electron chi connectivity index (χ1n) is 11.4. The highest BCUT2D eigenvalue weighted by atomic mass is 32.2. The summed E-state index contributed by atoms with van der Waals surface area (Å²) in [4.78, 5) is 16.5. The first-order chi connectivity index (χ1) is 16.4. The maximum absolute atomic E-state index is 11.6. The van der Waals surface area contributed by atoms with Crippen molar-refractivity contribution in [1.82, 2.24) is 19.7 Å². The number of carboxylic acids is 1. The van der Waals surface area contributed by atoms with E-state index < -0.39 is 5.97 Å². The van der Waals surface area contributed by atoms with Gasteiger partial charge in [0.15, 0.2) is 0 Å². The van der Waals surface area contributed by atoms with Gasteiger partial charge >= 0.3 is 5.97 Å². The molecule has 2 N–H and O–H groups in total. The number of unbranched alkanes of at least 4 members (excludes halogenated alkanes) is 1. The lowest BCUT2D eigenvalue weighted by atomic mass is 9.99. The van der Waals surface area contributed by atoms with Gasteiger partial charge in [-0.25, -0.2) is 9.78 Å². The van der Waals surface area contributed by atoms with E-state index in [9.17, 15) is 15.0 Å². The Bertz CT molecular complexity index is 1320. The number of hydrogen-bond donors (Lipinski definition) is 2. The fourth-order valence-electron chi connectivity index (χ4n) is 3.95. The number of rotatable bonds is 9. The molecule has 0 saturated carbocycles. The van der Waals surface area contributed by atoms with Crippen LogP contribution < -0.4 is 0 Å². The molecule has 0 spiro atoms. The monoisotopic (exact) mass is 476 g/mol. The van der Waals surface area contributed by atoms with Crippen molar-refractivity contribution in [2.45, 2.75) is 56.9 Å². The largest absolute Gasteiger partial charge is 0.491 e. The van der Waals surface area contributed by atoms with Crippen LogP contribution in [0.3, 0.4) is 0 Å². The summed E-state index contributed by atoms with van der Waals surface area (Å²) in [5.41, 5.74) is 4.10. The van der Waals surface area contributed by atoms with Gasteiger partial charge in [-0.1, -0.05) is 81.4 Å². The zero-order valence-electron chi connectivity index (χ0n) is 19.5. The van der Waals surface area contributed by atoms with Gasteiger partial charge in [0.2, 0.25) is 0 Å². The average Bonchev–Trinajstić information content (AvgIpc) is 3.19. The summed E-state index contributed by atoms with van der Waals surface area (Å²) in [7, 11) is 0. The van der Waals surface area contributed by atoms with Crippen LogP contribution in [0.25, 0.3) is 22.2 Å². The van der Waals surface area contributed by atoms with Crippen LogP contribution in [0.15, 0.2) is 53.6 Å². The van der Waals surface area contributed by atoms with Crippen molar-refractivity contribution in [3.05, 3.63) is 65.5 Å².